The molecule has 0 unspecified atom stereocenters. The van der Waals surface area contributed by atoms with E-state index < -0.39 is 0 Å². The number of amides is 1. The number of unbranched alkanes of at least 4 members (excludes halogenated alkanes) is 1. The quantitative estimate of drug-likeness (QED) is 0.698. The van der Waals surface area contributed by atoms with E-state index in [1.807, 2.05) is 24.3 Å². The van der Waals surface area contributed by atoms with Gasteiger partial charge in [0.1, 0.15) is 11.5 Å². The summed E-state index contributed by atoms with van der Waals surface area (Å²) in [6.07, 6.45) is 2.04. The Morgan fingerprint density at radius 2 is 1.96 bits per heavy atom. The predicted octanol–water partition coefficient (Wildman–Crippen LogP) is 4.89. The average molecular weight is 378 g/mol. The molecule has 0 saturated heterocycles. The zero-order valence-corrected chi connectivity index (χ0v) is 14.9. The van der Waals surface area contributed by atoms with Crippen molar-refractivity contribution in [2.75, 3.05) is 19.0 Å². The maximum Gasteiger partial charge on any atom is 0.255 e. The number of carbonyl (C=O) groups is 1. The van der Waals surface area contributed by atoms with Crippen LogP contribution in [0.15, 0.2) is 46.9 Å². The lowest BCUT2D eigenvalue weighted by Gasteiger charge is -2.12. The third-order valence-corrected chi connectivity index (χ3v) is 3.92. The lowest BCUT2D eigenvalue weighted by Crippen LogP contribution is -2.13. The Balaban J connectivity index is 2.12. The normalized spacial score (nSPS) is 10.2. The minimum absolute atomic E-state index is 0.195. The smallest absolute Gasteiger partial charge is 0.255 e. The fraction of sp³-hybridized carbons (Fsp3) is 0.278. The largest absolute Gasteiger partial charge is 0.496 e. The van der Waals surface area contributed by atoms with Gasteiger partial charge < -0.3 is 14.8 Å². The first-order chi connectivity index (χ1) is 11.2. The Morgan fingerprint density at radius 3 is 2.65 bits per heavy atom. The van der Waals surface area contributed by atoms with Crippen molar-refractivity contribution in [3.63, 3.8) is 0 Å². The van der Waals surface area contributed by atoms with Crippen molar-refractivity contribution in [3.05, 3.63) is 52.5 Å². The summed E-state index contributed by atoms with van der Waals surface area (Å²) in [7, 11) is 1.59. The number of methoxy groups -OCH3 is 1. The molecule has 23 heavy (non-hydrogen) atoms. The van der Waals surface area contributed by atoms with Crippen molar-refractivity contribution in [1.82, 2.24) is 0 Å². The maximum absolute atomic E-state index is 12.4. The molecule has 0 bridgehead atoms. The molecular weight excluding hydrogens is 358 g/mol. The molecule has 0 aromatic heterocycles. The molecule has 0 aliphatic carbocycles. The van der Waals surface area contributed by atoms with E-state index in [0.717, 1.165) is 17.3 Å². The number of hydrogen-bond acceptors (Lipinski definition) is 3. The van der Waals surface area contributed by atoms with Crippen LogP contribution in [0.4, 0.5) is 5.69 Å². The topological polar surface area (TPSA) is 47.6 Å². The predicted molar refractivity (Wildman–Crippen MR) is 95.5 cm³/mol. The van der Waals surface area contributed by atoms with Crippen LogP contribution < -0.4 is 14.8 Å². The van der Waals surface area contributed by atoms with Crippen LogP contribution in [0.2, 0.25) is 0 Å². The lowest BCUT2D eigenvalue weighted by molar-refractivity contribution is 0.102. The molecule has 2 aromatic rings. The molecule has 0 radical (unpaired) electrons. The third kappa shape index (κ3) is 4.73. The van der Waals surface area contributed by atoms with Crippen LogP contribution in [0.5, 0.6) is 11.5 Å². The monoisotopic (exact) mass is 377 g/mol. The molecule has 0 heterocycles. The van der Waals surface area contributed by atoms with Gasteiger partial charge >= 0.3 is 0 Å². The lowest BCUT2D eigenvalue weighted by atomic mass is 10.2. The van der Waals surface area contributed by atoms with Gasteiger partial charge in [-0.3, -0.25) is 4.79 Å². The summed E-state index contributed by atoms with van der Waals surface area (Å²) in [6.45, 7) is 2.75. The van der Waals surface area contributed by atoms with Crippen LogP contribution in [0.25, 0.3) is 0 Å². The van der Waals surface area contributed by atoms with Gasteiger partial charge in [0.15, 0.2) is 0 Å². The standard InChI is InChI=1S/C18H20BrNO3/c1-3-4-11-23-17-8-6-5-7-15(17)20-18(21)13-9-10-16(22-2)14(19)12-13/h5-10,12H,3-4,11H2,1-2H3,(H,20,21). The molecule has 5 heteroatoms. The van der Waals surface area contributed by atoms with E-state index in [2.05, 4.69) is 28.2 Å². The van der Waals surface area contributed by atoms with Crippen molar-refractivity contribution < 1.29 is 14.3 Å². The van der Waals surface area contributed by atoms with Crippen LogP contribution in [-0.2, 0) is 0 Å². The van der Waals surface area contributed by atoms with Gasteiger partial charge in [0.25, 0.3) is 5.91 Å². The van der Waals surface area contributed by atoms with Gasteiger partial charge in [-0.15, -0.1) is 0 Å². The van der Waals surface area contributed by atoms with E-state index >= 15 is 0 Å². The second kappa shape index (κ2) is 8.58. The van der Waals surface area contributed by atoms with Gasteiger partial charge in [0, 0.05) is 5.56 Å². The van der Waals surface area contributed by atoms with Crippen LogP contribution in [-0.4, -0.2) is 19.6 Å². The van der Waals surface area contributed by atoms with Crippen molar-refractivity contribution in [1.29, 1.82) is 0 Å². The minimum atomic E-state index is -0.195. The summed E-state index contributed by atoms with van der Waals surface area (Å²) in [5.41, 5.74) is 1.21. The molecule has 0 saturated carbocycles. The average Bonchev–Trinajstić information content (AvgIpc) is 2.56. The highest BCUT2D eigenvalue weighted by atomic mass is 79.9. The number of nitrogens with one attached hydrogen (secondary N) is 1. The number of hydrogen-bond donors (Lipinski definition) is 1. The van der Waals surface area contributed by atoms with E-state index in [0.29, 0.717) is 29.4 Å². The molecule has 0 atom stereocenters. The molecule has 122 valence electrons. The van der Waals surface area contributed by atoms with Gasteiger partial charge in [-0.2, -0.15) is 0 Å². The van der Waals surface area contributed by atoms with Gasteiger partial charge in [-0.05, 0) is 52.7 Å². The summed E-state index contributed by atoms with van der Waals surface area (Å²) >= 11 is 3.39. The van der Waals surface area contributed by atoms with Crippen molar-refractivity contribution in [3.8, 4) is 11.5 Å². The van der Waals surface area contributed by atoms with Crippen LogP contribution in [0.1, 0.15) is 30.1 Å². The highest BCUT2D eigenvalue weighted by Gasteiger charge is 2.11. The minimum Gasteiger partial charge on any atom is -0.496 e. The van der Waals surface area contributed by atoms with Crippen molar-refractivity contribution in [2.45, 2.75) is 19.8 Å². The highest BCUT2D eigenvalue weighted by Crippen LogP contribution is 2.28. The zero-order valence-electron chi connectivity index (χ0n) is 13.3. The highest BCUT2D eigenvalue weighted by molar-refractivity contribution is 9.10. The summed E-state index contributed by atoms with van der Waals surface area (Å²) in [5, 5.41) is 2.89. The van der Waals surface area contributed by atoms with E-state index in [-0.39, 0.29) is 5.91 Å². The van der Waals surface area contributed by atoms with Gasteiger partial charge in [0.05, 0.1) is 23.9 Å². The number of ether oxygens (including phenoxy) is 2. The Bertz CT molecular complexity index is 673. The molecule has 0 fully saturated rings. The number of para-hydroxylation sites is 2. The molecule has 1 amide bonds. The Labute approximate surface area is 144 Å². The molecule has 0 spiro atoms. The van der Waals surface area contributed by atoms with E-state index in [9.17, 15) is 4.79 Å². The zero-order chi connectivity index (χ0) is 16.7. The Hall–Kier alpha value is -2.01. The Kier molecular flexibility index (Phi) is 6.47. The number of benzene rings is 2. The summed E-state index contributed by atoms with van der Waals surface area (Å²) in [5.74, 6) is 1.17. The second-order valence-electron chi connectivity index (χ2n) is 5.00. The molecule has 2 aromatic carbocycles. The first kappa shape index (κ1) is 17.3. The van der Waals surface area contributed by atoms with Gasteiger partial charge in [0.2, 0.25) is 0 Å². The summed E-state index contributed by atoms with van der Waals surface area (Å²) < 4.78 is 11.6. The number of carbonyl (C=O) groups excluding carboxylic acids is 1. The maximum atomic E-state index is 12.4. The van der Waals surface area contributed by atoms with Crippen LogP contribution >= 0.6 is 15.9 Å². The molecule has 2 rings (SSSR count). The molecule has 0 aliphatic heterocycles. The fourth-order valence-corrected chi connectivity index (χ4v) is 2.57. The summed E-state index contributed by atoms with van der Waals surface area (Å²) in [6, 6.07) is 12.6. The van der Waals surface area contributed by atoms with Crippen molar-refractivity contribution >= 4 is 27.5 Å². The molecule has 4 nitrogen and oxygen atoms in total. The number of rotatable bonds is 7. The number of anilines is 1. The van der Waals surface area contributed by atoms with Crippen LogP contribution in [0, 0.1) is 0 Å². The van der Waals surface area contributed by atoms with Crippen LogP contribution in [0.3, 0.4) is 0 Å². The molecule has 0 aliphatic rings. The Morgan fingerprint density at radius 1 is 1.17 bits per heavy atom. The van der Waals surface area contributed by atoms with E-state index in [4.69, 9.17) is 9.47 Å². The van der Waals surface area contributed by atoms with E-state index in [1.54, 1.807) is 25.3 Å². The molecular formula is C18H20BrNO3. The summed E-state index contributed by atoms with van der Waals surface area (Å²) in [4.78, 5) is 12.4. The van der Waals surface area contributed by atoms with Gasteiger partial charge in [-0.25, -0.2) is 0 Å². The van der Waals surface area contributed by atoms with Crippen molar-refractivity contribution in [2.24, 2.45) is 0 Å². The first-order valence-corrected chi connectivity index (χ1v) is 8.31. The van der Waals surface area contributed by atoms with Gasteiger partial charge in [-0.1, -0.05) is 25.5 Å². The SMILES string of the molecule is CCCCOc1ccccc1NC(=O)c1ccc(OC)c(Br)c1. The second-order valence-corrected chi connectivity index (χ2v) is 5.86. The molecule has 1 N–H and O–H groups in total. The third-order valence-electron chi connectivity index (χ3n) is 3.30. The van der Waals surface area contributed by atoms with E-state index in [1.165, 1.54) is 0 Å². The fourth-order valence-electron chi connectivity index (χ4n) is 2.02. The first-order valence-electron chi connectivity index (χ1n) is 7.52. The number of halogens is 1.